The molecule has 1 aromatic heterocycles. The average molecular weight is 245 g/mol. The highest BCUT2D eigenvalue weighted by atomic mass is 35.5. The molecule has 0 saturated carbocycles. The highest BCUT2D eigenvalue weighted by molar-refractivity contribution is 6.16. The molecule has 1 heterocycles. The summed E-state index contributed by atoms with van der Waals surface area (Å²) in [5.74, 6) is 0.818. The molecule has 0 bridgehead atoms. The second-order valence-electron chi connectivity index (χ2n) is 4.29. The maximum atomic E-state index is 5.64. The molecule has 0 atom stereocenters. The lowest BCUT2D eigenvalue weighted by atomic mass is 10.2. The normalized spacial score (nSPS) is 11.5. The minimum Gasteiger partial charge on any atom is -0.474 e. The number of nitrogens with zero attached hydrogens (tertiary/aromatic N) is 2. The van der Waals surface area contributed by atoms with Crippen molar-refractivity contribution in [2.75, 3.05) is 13.2 Å². The van der Waals surface area contributed by atoms with Crippen molar-refractivity contribution in [1.82, 2.24) is 9.97 Å². The fourth-order valence-corrected chi connectivity index (χ4v) is 1.14. The molecule has 16 heavy (non-hydrogen) atoms. The van der Waals surface area contributed by atoms with Gasteiger partial charge in [0.15, 0.2) is 0 Å². The molecule has 0 spiro atoms. The van der Waals surface area contributed by atoms with E-state index in [0.29, 0.717) is 30.7 Å². The smallest absolute Gasteiger partial charge is 0.232 e. The van der Waals surface area contributed by atoms with Gasteiger partial charge in [0, 0.05) is 6.20 Å². The summed E-state index contributed by atoms with van der Waals surface area (Å²) in [5, 5.41) is 0. The van der Waals surface area contributed by atoms with Gasteiger partial charge < -0.3 is 9.47 Å². The predicted octanol–water partition coefficient (Wildman–Crippen LogP) is 2.41. The molecule has 1 aromatic rings. The highest BCUT2D eigenvalue weighted by Gasteiger charge is 2.09. The van der Waals surface area contributed by atoms with Crippen LogP contribution in [0.15, 0.2) is 12.4 Å². The van der Waals surface area contributed by atoms with Crippen LogP contribution in [0.3, 0.4) is 0 Å². The molecule has 0 radical (unpaired) electrons. The molecule has 0 saturated heterocycles. The molecule has 4 nitrogen and oxygen atoms in total. The van der Waals surface area contributed by atoms with Gasteiger partial charge in [-0.15, -0.1) is 11.6 Å². The van der Waals surface area contributed by atoms with Crippen LogP contribution >= 0.6 is 11.6 Å². The van der Waals surface area contributed by atoms with Gasteiger partial charge in [-0.05, 0) is 20.8 Å². The third kappa shape index (κ3) is 5.28. The fourth-order valence-electron chi connectivity index (χ4n) is 1.01. The summed E-state index contributed by atoms with van der Waals surface area (Å²) in [5.41, 5.74) is 0.559. The molecule has 0 fully saturated rings. The number of rotatable bonds is 5. The van der Waals surface area contributed by atoms with Crippen LogP contribution in [0.5, 0.6) is 5.88 Å². The zero-order valence-corrected chi connectivity index (χ0v) is 10.6. The lowest BCUT2D eigenvalue weighted by molar-refractivity contribution is -0.0168. The minimum absolute atomic E-state index is 0.146. The quantitative estimate of drug-likeness (QED) is 0.589. The van der Waals surface area contributed by atoms with E-state index in [1.807, 2.05) is 20.8 Å². The first-order valence-electron chi connectivity index (χ1n) is 5.15. The van der Waals surface area contributed by atoms with Gasteiger partial charge in [0.1, 0.15) is 6.61 Å². The molecule has 0 aliphatic rings. The number of ether oxygens (including phenoxy) is 2. The minimum atomic E-state index is -0.146. The largest absolute Gasteiger partial charge is 0.474 e. The first kappa shape index (κ1) is 13.2. The number of aromatic nitrogens is 2. The maximum absolute atomic E-state index is 5.64. The van der Waals surface area contributed by atoms with Crippen LogP contribution < -0.4 is 4.74 Å². The average Bonchev–Trinajstić information content (AvgIpc) is 2.23. The van der Waals surface area contributed by atoms with Crippen LogP contribution in [0.1, 0.15) is 26.5 Å². The lowest BCUT2D eigenvalue weighted by Crippen LogP contribution is -2.22. The SMILES string of the molecule is CC(C)(C)OCCOc1cncc(CCl)n1. The molecule has 90 valence electrons. The van der Waals surface area contributed by atoms with Crippen molar-refractivity contribution < 1.29 is 9.47 Å². The molecule has 0 unspecified atom stereocenters. The summed E-state index contributed by atoms with van der Waals surface area (Å²) in [7, 11) is 0. The first-order valence-corrected chi connectivity index (χ1v) is 5.68. The van der Waals surface area contributed by atoms with Crippen LogP contribution in [0, 0.1) is 0 Å². The van der Waals surface area contributed by atoms with E-state index >= 15 is 0 Å². The van der Waals surface area contributed by atoms with E-state index in [-0.39, 0.29) is 5.60 Å². The van der Waals surface area contributed by atoms with Gasteiger partial charge >= 0.3 is 0 Å². The van der Waals surface area contributed by atoms with Crippen molar-refractivity contribution in [3.05, 3.63) is 18.1 Å². The third-order valence-electron chi connectivity index (χ3n) is 1.67. The molecule has 0 amide bonds. The van der Waals surface area contributed by atoms with Gasteiger partial charge in [0.2, 0.25) is 5.88 Å². The van der Waals surface area contributed by atoms with E-state index < -0.39 is 0 Å². The Labute approximate surface area is 101 Å². The number of halogens is 1. The van der Waals surface area contributed by atoms with Crippen LogP contribution in [-0.2, 0) is 10.6 Å². The topological polar surface area (TPSA) is 44.2 Å². The number of hydrogen-bond acceptors (Lipinski definition) is 4. The fraction of sp³-hybridized carbons (Fsp3) is 0.636. The Morgan fingerprint density at radius 1 is 1.25 bits per heavy atom. The Balaban J connectivity index is 2.32. The van der Waals surface area contributed by atoms with Crippen molar-refractivity contribution in [2.45, 2.75) is 32.3 Å². The van der Waals surface area contributed by atoms with E-state index in [0.717, 1.165) is 0 Å². The Kier molecular flexibility index (Phi) is 4.96. The van der Waals surface area contributed by atoms with Gasteiger partial charge in [-0.2, -0.15) is 0 Å². The summed E-state index contributed by atoms with van der Waals surface area (Å²) in [6.07, 6.45) is 3.18. The third-order valence-corrected chi connectivity index (χ3v) is 1.94. The zero-order chi connectivity index (χ0) is 12.0. The van der Waals surface area contributed by atoms with Gasteiger partial charge in [0.25, 0.3) is 0 Å². The predicted molar refractivity (Wildman–Crippen MR) is 62.8 cm³/mol. The summed E-state index contributed by atoms with van der Waals surface area (Å²) in [6, 6.07) is 0. The molecular weight excluding hydrogens is 228 g/mol. The second-order valence-corrected chi connectivity index (χ2v) is 4.56. The maximum Gasteiger partial charge on any atom is 0.232 e. The van der Waals surface area contributed by atoms with E-state index in [9.17, 15) is 0 Å². The van der Waals surface area contributed by atoms with Gasteiger partial charge in [0.05, 0.1) is 30.0 Å². The van der Waals surface area contributed by atoms with Crippen molar-refractivity contribution in [1.29, 1.82) is 0 Å². The summed E-state index contributed by atoms with van der Waals surface area (Å²) in [4.78, 5) is 8.12. The molecule has 0 N–H and O–H groups in total. The Bertz CT molecular complexity index is 326. The monoisotopic (exact) mass is 244 g/mol. The molecule has 0 aliphatic heterocycles. The van der Waals surface area contributed by atoms with E-state index in [1.165, 1.54) is 0 Å². The van der Waals surface area contributed by atoms with Crippen molar-refractivity contribution in [3.8, 4) is 5.88 Å². The van der Waals surface area contributed by atoms with Crippen LogP contribution in [0.2, 0.25) is 0 Å². The lowest BCUT2D eigenvalue weighted by Gasteiger charge is -2.19. The molecular formula is C11H17ClN2O2. The summed E-state index contributed by atoms with van der Waals surface area (Å²) in [6.45, 7) is 6.98. The first-order chi connectivity index (χ1) is 7.51. The zero-order valence-electron chi connectivity index (χ0n) is 9.86. The van der Waals surface area contributed by atoms with Crippen molar-refractivity contribution >= 4 is 11.6 Å². The number of hydrogen-bond donors (Lipinski definition) is 0. The Morgan fingerprint density at radius 2 is 2.00 bits per heavy atom. The highest BCUT2D eigenvalue weighted by Crippen LogP contribution is 2.08. The molecule has 5 heteroatoms. The second kappa shape index (κ2) is 6.01. The van der Waals surface area contributed by atoms with Gasteiger partial charge in [-0.3, -0.25) is 4.98 Å². The standard InChI is InChI=1S/C11H17ClN2O2/c1-11(2,3)16-5-4-15-10-8-13-7-9(6-12)14-10/h7-8H,4-6H2,1-3H3. The van der Waals surface area contributed by atoms with E-state index in [4.69, 9.17) is 21.1 Å². The Hall–Kier alpha value is -0.870. The Morgan fingerprint density at radius 3 is 2.62 bits per heavy atom. The van der Waals surface area contributed by atoms with E-state index in [1.54, 1.807) is 12.4 Å². The van der Waals surface area contributed by atoms with Crippen LogP contribution in [-0.4, -0.2) is 28.8 Å². The van der Waals surface area contributed by atoms with Crippen molar-refractivity contribution in [2.24, 2.45) is 0 Å². The summed E-state index contributed by atoms with van der Waals surface area (Å²) >= 11 is 5.64. The summed E-state index contributed by atoms with van der Waals surface area (Å²) < 4.78 is 10.9. The number of alkyl halides is 1. The van der Waals surface area contributed by atoms with Crippen LogP contribution in [0.4, 0.5) is 0 Å². The van der Waals surface area contributed by atoms with Crippen LogP contribution in [0.25, 0.3) is 0 Å². The van der Waals surface area contributed by atoms with Gasteiger partial charge in [-0.1, -0.05) is 0 Å². The van der Waals surface area contributed by atoms with Gasteiger partial charge in [-0.25, -0.2) is 4.98 Å². The molecule has 1 rings (SSSR count). The molecule has 0 aromatic carbocycles. The van der Waals surface area contributed by atoms with E-state index in [2.05, 4.69) is 9.97 Å². The molecule has 0 aliphatic carbocycles. The van der Waals surface area contributed by atoms with Crippen molar-refractivity contribution in [3.63, 3.8) is 0 Å².